The number of aryl methyl sites for hydroxylation is 1. The van der Waals surface area contributed by atoms with Crippen molar-refractivity contribution in [3.05, 3.63) is 52.8 Å². The van der Waals surface area contributed by atoms with Gasteiger partial charge in [-0.1, -0.05) is 11.1 Å². The number of halogens is 3. The largest absolute Gasteiger partial charge is 0.463 e. The van der Waals surface area contributed by atoms with Crippen LogP contribution in [0.25, 0.3) is 0 Å². The van der Waals surface area contributed by atoms with Gasteiger partial charge in [-0.25, -0.2) is 4.98 Å². The van der Waals surface area contributed by atoms with E-state index in [1.165, 1.54) is 12.1 Å². The topological polar surface area (TPSA) is 116 Å². The molecule has 0 saturated carbocycles. The molecule has 12 heteroatoms. The Morgan fingerprint density at radius 1 is 1.24 bits per heavy atom. The predicted molar refractivity (Wildman–Crippen MR) is 96.1 cm³/mol. The molecule has 152 valence electrons. The van der Waals surface area contributed by atoms with Gasteiger partial charge in [-0.3, -0.25) is 5.32 Å². The Kier molecular flexibility index (Phi) is 5.90. The first kappa shape index (κ1) is 20.0. The summed E-state index contributed by atoms with van der Waals surface area (Å²) < 4.78 is 47.5. The second kappa shape index (κ2) is 8.54. The van der Waals surface area contributed by atoms with E-state index in [2.05, 4.69) is 35.5 Å². The molecule has 0 radical (unpaired) electrons. The van der Waals surface area contributed by atoms with Crippen molar-refractivity contribution in [2.45, 2.75) is 19.6 Å². The van der Waals surface area contributed by atoms with Crippen LogP contribution in [-0.4, -0.2) is 22.8 Å². The molecule has 0 unspecified atom stereocenters. The molecule has 0 spiro atoms. The monoisotopic (exact) mass is 409 g/mol. The van der Waals surface area contributed by atoms with Crippen LogP contribution in [0.1, 0.15) is 11.5 Å². The lowest BCUT2D eigenvalue weighted by Crippen LogP contribution is -2.26. The van der Waals surface area contributed by atoms with Crippen molar-refractivity contribution in [2.24, 2.45) is 5.18 Å². The summed E-state index contributed by atoms with van der Waals surface area (Å²) in [5, 5.41) is 8.50. The van der Waals surface area contributed by atoms with Crippen LogP contribution in [-0.2, 0) is 6.54 Å². The first-order valence-electron chi connectivity index (χ1n) is 8.31. The number of ether oxygens (including phenoxy) is 1. The molecule has 29 heavy (non-hydrogen) atoms. The van der Waals surface area contributed by atoms with Crippen molar-refractivity contribution in [1.82, 2.24) is 9.97 Å². The number of furan rings is 1. The van der Waals surface area contributed by atoms with E-state index in [-0.39, 0.29) is 24.1 Å². The summed E-state index contributed by atoms with van der Waals surface area (Å²) in [7, 11) is 0. The van der Waals surface area contributed by atoms with E-state index in [0.29, 0.717) is 17.2 Å². The van der Waals surface area contributed by atoms with Gasteiger partial charge in [0, 0.05) is 5.69 Å². The van der Waals surface area contributed by atoms with E-state index in [4.69, 9.17) is 4.42 Å². The van der Waals surface area contributed by atoms with E-state index in [9.17, 15) is 18.1 Å². The molecule has 0 aliphatic rings. The summed E-state index contributed by atoms with van der Waals surface area (Å²) >= 11 is 0. The Bertz CT molecular complexity index is 993. The van der Waals surface area contributed by atoms with Gasteiger partial charge in [0.05, 0.1) is 0 Å². The second-order valence-corrected chi connectivity index (χ2v) is 5.86. The van der Waals surface area contributed by atoms with E-state index in [1.54, 1.807) is 31.2 Å². The fraction of sp³-hybridized carbons (Fsp3) is 0.235. The van der Waals surface area contributed by atoms with Crippen molar-refractivity contribution in [2.75, 3.05) is 17.2 Å². The number of aromatic amines is 1. The highest BCUT2D eigenvalue weighted by molar-refractivity contribution is 5.59. The third kappa shape index (κ3) is 6.16. The Labute approximate surface area is 162 Å². The predicted octanol–water partition coefficient (Wildman–Crippen LogP) is 3.89. The lowest BCUT2D eigenvalue weighted by molar-refractivity contribution is -0.391. The zero-order chi connectivity index (χ0) is 20.9. The second-order valence-electron chi connectivity index (χ2n) is 5.86. The van der Waals surface area contributed by atoms with Gasteiger partial charge in [-0.15, -0.1) is 4.91 Å². The van der Waals surface area contributed by atoms with Crippen LogP contribution in [0.3, 0.4) is 0 Å². The van der Waals surface area contributed by atoms with Gasteiger partial charge in [-0.2, -0.15) is 13.2 Å². The molecule has 9 nitrogen and oxygen atoms in total. The zero-order valence-electron chi connectivity index (χ0n) is 15.1. The molecule has 0 atom stereocenters. The zero-order valence-corrected chi connectivity index (χ0v) is 15.1. The van der Waals surface area contributed by atoms with Gasteiger partial charge >= 0.3 is 24.1 Å². The van der Waals surface area contributed by atoms with E-state index in [1.807, 2.05) is 0 Å². The molecule has 0 bridgehead atoms. The molecule has 0 saturated heterocycles. The molecule has 0 aliphatic heterocycles. The number of benzene rings is 1. The first-order chi connectivity index (χ1) is 13.8. The Balaban J connectivity index is 1.81. The Morgan fingerprint density at radius 3 is 2.76 bits per heavy atom. The number of hydrogen-bond donors (Lipinski definition) is 2. The van der Waals surface area contributed by atoms with E-state index < -0.39 is 18.8 Å². The molecule has 3 aromatic rings. The van der Waals surface area contributed by atoms with Gasteiger partial charge in [0.15, 0.2) is 6.61 Å². The van der Waals surface area contributed by atoms with Gasteiger partial charge in [-0.05, 0) is 47.4 Å². The van der Waals surface area contributed by atoms with Crippen molar-refractivity contribution in [3.63, 3.8) is 0 Å². The van der Waals surface area contributed by atoms with Crippen LogP contribution in [0, 0.1) is 11.8 Å². The summed E-state index contributed by atoms with van der Waals surface area (Å²) in [4.78, 5) is 21.2. The molecule has 0 fully saturated rings. The fourth-order valence-corrected chi connectivity index (χ4v) is 2.26. The summed E-state index contributed by atoms with van der Waals surface area (Å²) in [6.45, 7) is 0.485. The summed E-state index contributed by atoms with van der Waals surface area (Å²) in [6, 6.07) is 9.25. The number of nitroso groups, excluding NO2 is 1. The standard InChI is InChI=1S/C17H15F3N6O3/c1-10-5-6-13(29-10)8-21-14-23-15(22-11-3-2-4-12(7-11)26-27)25-16(24-14)28-9-17(18,19)20/h2-7H,8-9H2,1H3,(H2,21,22,23,24,25)/p+1. The fourth-order valence-electron chi connectivity index (χ4n) is 2.26. The molecule has 0 amide bonds. The average molecular weight is 409 g/mol. The minimum atomic E-state index is -4.53. The lowest BCUT2D eigenvalue weighted by atomic mass is 10.3. The van der Waals surface area contributed by atoms with Crippen LogP contribution in [0.5, 0.6) is 6.01 Å². The molecule has 2 aromatic heterocycles. The number of hydrogen-bond acceptors (Lipinski definition) is 8. The molecule has 0 aliphatic carbocycles. The highest BCUT2D eigenvalue weighted by atomic mass is 19.4. The number of alkyl halides is 3. The summed E-state index contributed by atoms with van der Waals surface area (Å²) in [5.74, 6) is 1.36. The maximum Gasteiger partial charge on any atom is 0.422 e. The Hall–Kier alpha value is -3.70. The lowest BCUT2D eigenvalue weighted by Gasteiger charge is -2.07. The number of nitrogens with one attached hydrogen (secondary N) is 3. The molecular formula is C17H16F3N6O3+. The van der Waals surface area contributed by atoms with Crippen LogP contribution >= 0.6 is 0 Å². The van der Waals surface area contributed by atoms with Gasteiger partial charge in [0.25, 0.3) is 0 Å². The number of aromatic nitrogens is 3. The van der Waals surface area contributed by atoms with Gasteiger partial charge in [0.2, 0.25) is 0 Å². The quantitative estimate of drug-likeness (QED) is 0.542. The Morgan fingerprint density at radius 2 is 2.07 bits per heavy atom. The van der Waals surface area contributed by atoms with Crippen LogP contribution in [0.15, 0.2) is 46.0 Å². The molecular weight excluding hydrogens is 393 g/mol. The van der Waals surface area contributed by atoms with Crippen LogP contribution in [0.2, 0.25) is 0 Å². The highest BCUT2D eigenvalue weighted by Crippen LogP contribution is 2.21. The van der Waals surface area contributed by atoms with Crippen molar-refractivity contribution in [1.29, 1.82) is 0 Å². The molecule has 1 aromatic carbocycles. The maximum absolute atomic E-state index is 12.5. The smallest absolute Gasteiger partial charge is 0.422 e. The number of rotatable bonds is 8. The molecule has 2 heterocycles. The molecule has 3 rings (SSSR count). The number of nitrogens with zero attached hydrogens (tertiary/aromatic N) is 3. The third-order valence-electron chi connectivity index (χ3n) is 3.46. The summed E-state index contributed by atoms with van der Waals surface area (Å²) in [6.07, 6.45) is -4.53. The molecule has 3 N–H and O–H groups in total. The summed E-state index contributed by atoms with van der Waals surface area (Å²) in [5.41, 5.74) is 0.584. The van der Waals surface area contributed by atoms with Gasteiger partial charge < -0.3 is 14.5 Å². The van der Waals surface area contributed by atoms with Gasteiger partial charge in [0.1, 0.15) is 23.8 Å². The van der Waals surface area contributed by atoms with E-state index in [0.717, 1.165) is 0 Å². The minimum absolute atomic E-state index is 0.0536. The van der Waals surface area contributed by atoms with E-state index >= 15 is 0 Å². The average Bonchev–Trinajstić information content (AvgIpc) is 3.09. The number of H-pyrrole nitrogens is 1. The van der Waals surface area contributed by atoms with Crippen molar-refractivity contribution >= 4 is 23.3 Å². The SMILES string of the molecule is Cc1ccc(CNc2nc(Nc3cccc(N=O)c3)nc(OCC(F)(F)F)[nH+]2)o1. The van der Waals surface area contributed by atoms with Crippen LogP contribution in [0.4, 0.5) is 36.4 Å². The third-order valence-corrected chi connectivity index (χ3v) is 3.46. The van der Waals surface area contributed by atoms with Crippen molar-refractivity contribution in [3.8, 4) is 6.01 Å². The first-order valence-corrected chi connectivity index (χ1v) is 8.31. The normalized spacial score (nSPS) is 11.2. The number of anilines is 3. The minimum Gasteiger partial charge on any atom is -0.463 e. The van der Waals surface area contributed by atoms with Crippen LogP contribution < -0.4 is 20.4 Å². The van der Waals surface area contributed by atoms with Crippen molar-refractivity contribution < 1.29 is 27.3 Å². The highest BCUT2D eigenvalue weighted by Gasteiger charge is 2.30. The maximum atomic E-state index is 12.5.